The Morgan fingerprint density at radius 3 is 1.28 bits per heavy atom. The molecule has 3 aromatic carbocycles. The summed E-state index contributed by atoms with van der Waals surface area (Å²) in [6.45, 7) is 1.96. The number of rotatable bonds is 6. The van der Waals surface area contributed by atoms with Crippen LogP contribution < -0.4 is 32.9 Å². The van der Waals surface area contributed by atoms with Crippen molar-refractivity contribution in [1.82, 2.24) is 0 Å². The average Bonchev–Trinajstić information content (AvgIpc) is 2.68. The van der Waals surface area contributed by atoms with Gasteiger partial charge in [-0.05, 0) is 36.4 Å². The van der Waals surface area contributed by atoms with Crippen LogP contribution in [0, 0.1) is 0 Å². The molecular weight excluding hydrogens is 391 g/mol. The normalized spacial score (nSPS) is 10.8. The van der Waals surface area contributed by atoms with E-state index < -0.39 is 7.26 Å². The largest absolute Gasteiger partial charge is 1.00 e. The molecule has 0 fully saturated rings. The van der Waals surface area contributed by atoms with Crippen molar-refractivity contribution in [3.05, 3.63) is 91.0 Å². The van der Waals surface area contributed by atoms with Gasteiger partial charge in [-0.2, -0.15) is 0 Å². The average molecular weight is 413 g/mol. The highest BCUT2D eigenvalue weighted by molar-refractivity contribution is 7.96. The van der Waals surface area contributed by atoms with Gasteiger partial charge >= 0.3 is 0 Å². The van der Waals surface area contributed by atoms with E-state index >= 15 is 0 Å². The summed E-state index contributed by atoms with van der Waals surface area (Å²) in [4.78, 5) is 12.6. The van der Waals surface area contributed by atoms with Crippen LogP contribution in [0.4, 0.5) is 0 Å². The van der Waals surface area contributed by atoms with Crippen molar-refractivity contribution in [2.24, 2.45) is 0 Å². The zero-order chi connectivity index (χ0) is 16.8. The molecule has 0 saturated heterocycles. The van der Waals surface area contributed by atoms with Crippen LogP contribution in [0.1, 0.15) is 13.3 Å². The van der Waals surface area contributed by atoms with Crippen molar-refractivity contribution in [3.8, 4) is 0 Å². The Hall–Kier alpha value is -1.76. The fourth-order valence-electron chi connectivity index (χ4n) is 3.14. The number of benzene rings is 3. The zero-order valence-electron chi connectivity index (χ0n) is 14.3. The number of carbonyl (C=O) groups excluding carboxylic acids is 1. The number of carbonyl (C=O) groups is 1. The Morgan fingerprint density at radius 2 is 1.00 bits per heavy atom. The first-order valence-corrected chi connectivity index (χ1v) is 10.3. The molecule has 25 heavy (non-hydrogen) atoms. The van der Waals surface area contributed by atoms with E-state index in [9.17, 15) is 4.79 Å². The highest BCUT2D eigenvalue weighted by Crippen LogP contribution is 2.55. The molecule has 0 atom stereocenters. The third-order valence-corrected chi connectivity index (χ3v) is 8.76. The first-order chi connectivity index (χ1) is 11.8. The molecule has 3 rings (SSSR count). The number of halogens is 1. The molecule has 0 aliphatic carbocycles. The molecule has 0 saturated carbocycles. The van der Waals surface area contributed by atoms with Gasteiger partial charge in [0.25, 0.3) is 0 Å². The molecule has 0 heterocycles. The number of Topliss-reactive ketones (excluding diaryl/α,β-unsaturated/α-hetero) is 1. The second kappa shape index (κ2) is 9.08. The highest BCUT2D eigenvalue weighted by Gasteiger charge is 2.46. The second-order valence-electron chi connectivity index (χ2n) is 5.87. The number of ketones is 1. The molecule has 3 aromatic rings. The smallest absolute Gasteiger partial charge is 0.170 e. The van der Waals surface area contributed by atoms with Crippen LogP contribution in [0.2, 0.25) is 0 Å². The third kappa shape index (κ3) is 4.08. The lowest BCUT2D eigenvalue weighted by Gasteiger charge is -2.26. The minimum Gasteiger partial charge on any atom is -1.00 e. The Bertz CT molecular complexity index is 691. The molecule has 0 amide bonds. The quantitative estimate of drug-likeness (QED) is 0.551. The minimum atomic E-state index is -1.98. The lowest BCUT2D eigenvalue weighted by Crippen LogP contribution is -3.00. The van der Waals surface area contributed by atoms with Crippen molar-refractivity contribution < 1.29 is 21.8 Å². The molecule has 0 radical (unpaired) electrons. The SMILES string of the molecule is CCC(=O)C[P+](c1ccccc1)(c1ccccc1)c1ccccc1.[Br-]. The number of hydrogen-bond acceptors (Lipinski definition) is 1. The van der Waals surface area contributed by atoms with Gasteiger partial charge < -0.3 is 17.0 Å². The van der Waals surface area contributed by atoms with E-state index in [2.05, 4.69) is 72.8 Å². The van der Waals surface area contributed by atoms with E-state index in [1.54, 1.807) is 0 Å². The summed E-state index contributed by atoms with van der Waals surface area (Å²) in [5.41, 5.74) is 0. The van der Waals surface area contributed by atoms with Crippen LogP contribution in [0.15, 0.2) is 91.0 Å². The van der Waals surface area contributed by atoms with E-state index in [4.69, 9.17) is 0 Å². The lowest BCUT2D eigenvalue weighted by atomic mass is 10.3. The third-order valence-electron chi connectivity index (χ3n) is 4.40. The molecule has 3 heteroatoms. The zero-order valence-corrected chi connectivity index (χ0v) is 16.8. The molecule has 0 aromatic heterocycles. The Labute approximate surface area is 161 Å². The van der Waals surface area contributed by atoms with Gasteiger partial charge in [0.1, 0.15) is 29.3 Å². The predicted molar refractivity (Wildman–Crippen MR) is 105 cm³/mol. The monoisotopic (exact) mass is 412 g/mol. The minimum absolute atomic E-state index is 0. The van der Waals surface area contributed by atoms with Crippen molar-refractivity contribution >= 4 is 29.0 Å². The number of hydrogen-bond donors (Lipinski definition) is 0. The van der Waals surface area contributed by atoms with Crippen LogP contribution in [0.25, 0.3) is 0 Å². The second-order valence-corrected chi connectivity index (χ2v) is 9.35. The van der Waals surface area contributed by atoms with Crippen LogP contribution in [0.5, 0.6) is 0 Å². The van der Waals surface area contributed by atoms with Gasteiger partial charge in [-0.25, -0.2) is 0 Å². The molecule has 0 aliphatic rings. The van der Waals surface area contributed by atoms with Gasteiger partial charge in [0.2, 0.25) is 0 Å². The molecule has 0 unspecified atom stereocenters. The maximum absolute atomic E-state index is 12.6. The first-order valence-electron chi connectivity index (χ1n) is 8.34. The summed E-state index contributed by atoms with van der Waals surface area (Å²) >= 11 is 0. The molecule has 0 bridgehead atoms. The van der Waals surface area contributed by atoms with Crippen LogP contribution in [-0.4, -0.2) is 11.9 Å². The maximum Gasteiger partial charge on any atom is 0.170 e. The Morgan fingerprint density at radius 1 is 0.680 bits per heavy atom. The van der Waals surface area contributed by atoms with Gasteiger partial charge in [-0.1, -0.05) is 61.5 Å². The van der Waals surface area contributed by atoms with E-state index in [0.717, 1.165) is 0 Å². The van der Waals surface area contributed by atoms with E-state index in [-0.39, 0.29) is 17.0 Å². The van der Waals surface area contributed by atoms with Crippen molar-refractivity contribution in [2.45, 2.75) is 13.3 Å². The van der Waals surface area contributed by atoms with E-state index in [1.165, 1.54) is 15.9 Å². The summed E-state index contributed by atoms with van der Waals surface area (Å²) in [6, 6.07) is 31.6. The van der Waals surface area contributed by atoms with Crippen molar-refractivity contribution in [1.29, 1.82) is 0 Å². The highest BCUT2D eigenvalue weighted by atomic mass is 79.9. The molecule has 0 spiro atoms. The van der Waals surface area contributed by atoms with Crippen LogP contribution in [0.3, 0.4) is 0 Å². The van der Waals surface area contributed by atoms with Gasteiger partial charge in [0.05, 0.1) is 0 Å². The van der Waals surface area contributed by atoms with Crippen LogP contribution >= 0.6 is 7.26 Å². The molecule has 0 aliphatic heterocycles. The molecule has 0 N–H and O–H groups in total. The van der Waals surface area contributed by atoms with Crippen molar-refractivity contribution in [2.75, 3.05) is 6.16 Å². The lowest BCUT2D eigenvalue weighted by molar-refractivity contribution is -0.116. The summed E-state index contributed by atoms with van der Waals surface area (Å²) in [5.74, 6) is 0.319. The van der Waals surface area contributed by atoms with Crippen LogP contribution in [-0.2, 0) is 4.79 Å². The van der Waals surface area contributed by atoms with Gasteiger partial charge in [0.15, 0.2) is 5.78 Å². The van der Waals surface area contributed by atoms with Gasteiger partial charge in [0, 0.05) is 6.42 Å². The Balaban J connectivity index is 0.00000225. The summed E-state index contributed by atoms with van der Waals surface area (Å²) in [6.07, 6.45) is 1.16. The fraction of sp³-hybridized carbons (Fsp3) is 0.136. The van der Waals surface area contributed by atoms with E-state index in [1.807, 2.05) is 25.1 Å². The predicted octanol–water partition coefficient (Wildman–Crippen LogP) is 0.964. The maximum atomic E-state index is 12.6. The topological polar surface area (TPSA) is 17.1 Å². The van der Waals surface area contributed by atoms with E-state index in [0.29, 0.717) is 18.4 Å². The molecule has 128 valence electrons. The standard InChI is InChI=1S/C22H22OP.BrH/c1-2-19(23)18-24(20-12-6-3-7-13-20,21-14-8-4-9-15-21)22-16-10-5-11-17-22;/h3-17H,2,18H2,1H3;1H/q+1;/p-1. The summed E-state index contributed by atoms with van der Waals surface area (Å²) in [7, 11) is -1.98. The Kier molecular flexibility index (Phi) is 7.11. The van der Waals surface area contributed by atoms with Gasteiger partial charge in [-0.15, -0.1) is 0 Å². The summed E-state index contributed by atoms with van der Waals surface area (Å²) in [5, 5.41) is 3.80. The van der Waals surface area contributed by atoms with Crippen molar-refractivity contribution in [3.63, 3.8) is 0 Å². The first kappa shape index (κ1) is 19.6. The molecular formula is C22H22BrOP. The summed E-state index contributed by atoms with van der Waals surface area (Å²) < 4.78 is 0. The fourth-order valence-corrected chi connectivity index (χ4v) is 7.38. The molecule has 1 nitrogen and oxygen atoms in total. The van der Waals surface area contributed by atoms with Gasteiger partial charge in [-0.3, -0.25) is 4.79 Å².